The summed E-state index contributed by atoms with van der Waals surface area (Å²) in [4.78, 5) is 27.2. The molecule has 0 saturated carbocycles. The number of nitrogens with zero attached hydrogens (tertiary/aromatic N) is 5. The van der Waals surface area contributed by atoms with E-state index < -0.39 is 0 Å². The number of rotatable bonds is 2. The minimum absolute atomic E-state index is 0.0654. The van der Waals surface area contributed by atoms with E-state index >= 15 is 0 Å². The molecule has 2 aliphatic heterocycles. The van der Waals surface area contributed by atoms with Crippen molar-refractivity contribution < 1.29 is 0 Å². The average molecular weight is 284 g/mol. The van der Waals surface area contributed by atoms with Crippen LogP contribution in [-0.2, 0) is 7.05 Å². The molecule has 108 valence electrons. The van der Waals surface area contributed by atoms with E-state index in [1.54, 1.807) is 23.9 Å². The van der Waals surface area contributed by atoms with Gasteiger partial charge in [-0.2, -0.15) is 0 Å². The zero-order valence-electron chi connectivity index (χ0n) is 11.7. The Labute approximate surface area is 121 Å². The second kappa shape index (κ2) is 4.63. The lowest BCUT2D eigenvalue weighted by molar-refractivity contribution is 0.562. The smallest absolute Gasteiger partial charge is 0.255 e. The molecule has 21 heavy (non-hydrogen) atoms. The first-order valence-electron chi connectivity index (χ1n) is 7.07. The summed E-state index contributed by atoms with van der Waals surface area (Å²) in [5.41, 5.74) is 1.21. The van der Waals surface area contributed by atoms with Gasteiger partial charge >= 0.3 is 0 Å². The van der Waals surface area contributed by atoms with Gasteiger partial charge in [0, 0.05) is 44.5 Å². The van der Waals surface area contributed by atoms with E-state index in [1.807, 2.05) is 0 Å². The van der Waals surface area contributed by atoms with E-state index in [9.17, 15) is 4.79 Å². The van der Waals surface area contributed by atoms with Crippen molar-refractivity contribution in [2.45, 2.75) is 18.5 Å². The summed E-state index contributed by atoms with van der Waals surface area (Å²) in [6, 6.07) is 4.23. The Bertz CT molecular complexity index is 728. The minimum Gasteiger partial charge on any atom is -0.336 e. The molecule has 4 rings (SSSR count). The second-order valence-corrected chi connectivity index (χ2v) is 5.58. The molecule has 1 N–H and O–H groups in total. The van der Waals surface area contributed by atoms with E-state index in [2.05, 4.69) is 25.2 Å². The maximum atomic E-state index is 12.2. The zero-order chi connectivity index (χ0) is 14.4. The Balaban J connectivity index is 1.80. The van der Waals surface area contributed by atoms with Gasteiger partial charge in [-0.05, 0) is 12.5 Å². The van der Waals surface area contributed by atoms with Gasteiger partial charge in [-0.1, -0.05) is 0 Å². The Hall–Kier alpha value is -2.28. The highest BCUT2D eigenvalue weighted by molar-refractivity contribution is 5.55. The van der Waals surface area contributed by atoms with Crippen molar-refractivity contribution in [2.24, 2.45) is 7.05 Å². The second-order valence-electron chi connectivity index (χ2n) is 5.58. The van der Waals surface area contributed by atoms with Gasteiger partial charge in [-0.15, -0.1) is 0 Å². The highest BCUT2D eigenvalue weighted by atomic mass is 16.1. The average Bonchev–Trinajstić information content (AvgIpc) is 3.13. The summed E-state index contributed by atoms with van der Waals surface area (Å²) in [5.74, 6) is 0.727. The molecule has 7 nitrogen and oxygen atoms in total. The predicted molar refractivity (Wildman–Crippen MR) is 78.0 cm³/mol. The van der Waals surface area contributed by atoms with Crippen molar-refractivity contribution in [2.75, 3.05) is 18.0 Å². The number of hydrogen-bond acceptors (Lipinski definition) is 6. The predicted octanol–water partition coefficient (Wildman–Crippen LogP) is -0.212. The van der Waals surface area contributed by atoms with Gasteiger partial charge in [0.05, 0.1) is 11.4 Å². The molecular formula is C14H16N6O. The largest absolute Gasteiger partial charge is 0.336 e. The first-order valence-corrected chi connectivity index (χ1v) is 7.07. The summed E-state index contributed by atoms with van der Waals surface area (Å²) in [7, 11) is 1.77. The molecule has 1 unspecified atom stereocenters. The standard InChI is InChI=1S/C14H16N6O/c1-19-13(21)5-12(11-2-3-15-8-17-11)18-14(19)20-7-9-4-10(20)6-16-9/h2-3,5,8-10,16H,4,6-7H2,1H3/t9?,10-/m0/s1. The van der Waals surface area contributed by atoms with Crippen LogP contribution in [0.2, 0.25) is 0 Å². The number of anilines is 1. The third-order valence-electron chi connectivity index (χ3n) is 4.27. The molecule has 2 atom stereocenters. The van der Waals surface area contributed by atoms with Crippen LogP contribution < -0.4 is 15.8 Å². The van der Waals surface area contributed by atoms with Crippen LogP contribution in [0.5, 0.6) is 0 Å². The lowest BCUT2D eigenvalue weighted by Gasteiger charge is -2.29. The third-order valence-corrected chi connectivity index (χ3v) is 4.27. The zero-order valence-corrected chi connectivity index (χ0v) is 11.7. The van der Waals surface area contributed by atoms with Crippen LogP contribution in [0.3, 0.4) is 0 Å². The molecule has 0 amide bonds. The number of hydrogen-bond donors (Lipinski definition) is 1. The van der Waals surface area contributed by atoms with Crippen LogP contribution in [0.25, 0.3) is 11.4 Å². The Morgan fingerprint density at radius 1 is 1.38 bits per heavy atom. The van der Waals surface area contributed by atoms with E-state index in [4.69, 9.17) is 0 Å². The van der Waals surface area contributed by atoms with Gasteiger partial charge < -0.3 is 10.2 Å². The van der Waals surface area contributed by atoms with Crippen LogP contribution in [0.1, 0.15) is 6.42 Å². The first-order chi connectivity index (χ1) is 10.2. The number of piperazine rings is 1. The molecule has 0 aliphatic carbocycles. The lowest BCUT2D eigenvalue weighted by atomic mass is 10.2. The molecule has 7 heteroatoms. The Morgan fingerprint density at radius 2 is 2.29 bits per heavy atom. The number of nitrogens with one attached hydrogen (secondary N) is 1. The molecular weight excluding hydrogens is 268 g/mol. The number of fused-ring (bicyclic) bond motifs is 2. The fraction of sp³-hybridized carbons (Fsp3) is 0.429. The topological polar surface area (TPSA) is 75.9 Å². The molecule has 0 aromatic carbocycles. The van der Waals surface area contributed by atoms with E-state index in [0.29, 0.717) is 23.5 Å². The van der Waals surface area contributed by atoms with Crippen molar-refractivity contribution in [3.63, 3.8) is 0 Å². The van der Waals surface area contributed by atoms with Crippen LogP contribution in [-0.4, -0.2) is 44.7 Å². The Kier molecular flexibility index (Phi) is 2.75. The number of aromatic nitrogens is 4. The molecule has 2 fully saturated rings. The molecule has 0 radical (unpaired) electrons. The molecule has 2 saturated heterocycles. The SMILES string of the molecule is Cn1c(N2CC3C[C@H]2CN3)nc(-c2ccncn2)cc1=O. The molecule has 4 heterocycles. The van der Waals surface area contributed by atoms with Gasteiger partial charge in [0.25, 0.3) is 5.56 Å². The maximum absolute atomic E-state index is 12.2. The van der Waals surface area contributed by atoms with Crippen molar-refractivity contribution >= 4 is 5.95 Å². The third kappa shape index (κ3) is 2.01. The quantitative estimate of drug-likeness (QED) is 0.822. The van der Waals surface area contributed by atoms with Crippen LogP contribution in [0.4, 0.5) is 5.95 Å². The van der Waals surface area contributed by atoms with Crippen LogP contribution in [0.15, 0.2) is 29.5 Å². The van der Waals surface area contributed by atoms with Crippen molar-refractivity contribution in [3.05, 3.63) is 35.0 Å². The highest BCUT2D eigenvalue weighted by Crippen LogP contribution is 2.28. The molecule has 2 aromatic rings. The van der Waals surface area contributed by atoms with Gasteiger partial charge in [-0.3, -0.25) is 9.36 Å². The summed E-state index contributed by atoms with van der Waals surface area (Å²) in [5, 5.41) is 3.46. The Morgan fingerprint density at radius 3 is 2.95 bits per heavy atom. The van der Waals surface area contributed by atoms with E-state index in [0.717, 1.165) is 25.5 Å². The summed E-state index contributed by atoms with van der Waals surface area (Å²) in [6.07, 6.45) is 4.24. The van der Waals surface area contributed by atoms with Gasteiger partial charge in [0.2, 0.25) is 5.95 Å². The normalized spacial score (nSPS) is 23.8. The molecule has 2 aliphatic rings. The van der Waals surface area contributed by atoms with E-state index in [-0.39, 0.29) is 5.56 Å². The highest BCUT2D eigenvalue weighted by Gasteiger charge is 2.39. The van der Waals surface area contributed by atoms with Gasteiger partial charge in [0.1, 0.15) is 6.33 Å². The molecule has 0 spiro atoms. The first kappa shape index (κ1) is 12.5. The minimum atomic E-state index is -0.0654. The van der Waals surface area contributed by atoms with Crippen molar-refractivity contribution in [1.29, 1.82) is 0 Å². The van der Waals surface area contributed by atoms with Crippen molar-refractivity contribution in [3.8, 4) is 11.4 Å². The van der Waals surface area contributed by atoms with Crippen molar-refractivity contribution in [1.82, 2.24) is 24.8 Å². The summed E-state index contributed by atoms with van der Waals surface area (Å²) >= 11 is 0. The maximum Gasteiger partial charge on any atom is 0.255 e. The van der Waals surface area contributed by atoms with Gasteiger partial charge in [-0.25, -0.2) is 15.0 Å². The molecule has 2 aromatic heterocycles. The fourth-order valence-electron chi connectivity index (χ4n) is 3.16. The monoisotopic (exact) mass is 284 g/mol. The summed E-state index contributed by atoms with van der Waals surface area (Å²) in [6.45, 7) is 1.86. The van der Waals surface area contributed by atoms with Gasteiger partial charge in [0.15, 0.2) is 0 Å². The van der Waals surface area contributed by atoms with E-state index in [1.165, 1.54) is 12.4 Å². The lowest BCUT2D eigenvalue weighted by Crippen LogP contribution is -2.46. The molecule has 2 bridgehead atoms. The fourth-order valence-corrected chi connectivity index (χ4v) is 3.16. The summed E-state index contributed by atoms with van der Waals surface area (Å²) < 4.78 is 1.62. The van der Waals surface area contributed by atoms with Crippen LogP contribution in [0, 0.1) is 0 Å². The van der Waals surface area contributed by atoms with Crippen LogP contribution >= 0.6 is 0 Å².